The van der Waals surface area contributed by atoms with Crippen LogP contribution in [-0.4, -0.2) is 23.7 Å². The molecule has 4 nitrogen and oxygen atoms in total. The van der Waals surface area contributed by atoms with Gasteiger partial charge >= 0.3 is 11.9 Å². The maximum absolute atomic E-state index is 11.9. The maximum atomic E-state index is 11.9. The zero-order valence-corrected chi connectivity index (χ0v) is 60.0. The van der Waals surface area contributed by atoms with E-state index in [1.807, 2.05) is 0 Å². The minimum absolute atomic E-state index is 0.0151. The van der Waals surface area contributed by atoms with Crippen molar-refractivity contribution in [2.75, 3.05) is 6.61 Å². The highest BCUT2D eigenvalue weighted by Crippen LogP contribution is 2.42. The molecular weight excluding hydrogens is 1050 g/mol. The average molecular weight is 1210 g/mol. The molecule has 0 aromatic carbocycles. The Bertz CT molecular complexity index is 1260. The Kier molecular flexibility index (Phi) is 78.1. The Morgan fingerprint density at radius 2 is 0.477 bits per heavy atom. The zero-order valence-electron chi connectivity index (χ0n) is 60.0. The molecule has 4 heteroatoms. The van der Waals surface area contributed by atoms with E-state index in [-0.39, 0.29) is 5.97 Å². The van der Waals surface area contributed by atoms with Crippen LogP contribution in [0.15, 0.2) is 24.3 Å². The third kappa shape index (κ3) is 74.9. The first-order valence-corrected chi connectivity index (χ1v) is 40.1. The second-order valence-electron chi connectivity index (χ2n) is 27.8. The van der Waals surface area contributed by atoms with Crippen molar-refractivity contribution in [2.24, 2.45) is 5.41 Å². The fourth-order valence-electron chi connectivity index (χ4n) is 13.1. The van der Waals surface area contributed by atoms with Crippen LogP contribution in [0.1, 0.15) is 478 Å². The van der Waals surface area contributed by atoms with Crippen molar-refractivity contribution in [2.45, 2.75) is 478 Å². The van der Waals surface area contributed by atoms with E-state index in [9.17, 15) is 9.59 Å². The number of esters is 1. The van der Waals surface area contributed by atoms with E-state index in [4.69, 9.17) is 9.84 Å². The summed E-state index contributed by atoms with van der Waals surface area (Å²) in [7, 11) is 0. The molecule has 0 radical (unpaired) electrons. The Morgan fingerprint density at radius 3 is 0.779 bits per heavy atom. The minimum Gasteiger partial charge on any atom is -0.481 e. The van der Waals surface area contributed by atoms with Crippen molar-refractivity contribution in [3.05, 3.63) is 24.3 Å². The molecule has 0 spiro atoms. The molecule has 0 heterocycles. The van der Waals surface area contributed by atoms with Gasteiger partial charge in [0.05, 0.1) is 6.61 Å². The maximum Gasteiger partial charge on any atom is 0.305 e. The first-order chi connectivity index (χ1) is 42.4. The lowest BCUT2D eigenvalue weighted by atomic mass is 9.70. The number of ether oxygens (including phenoxy) is 1. The van der Waals surface area contributed by atoms with Gasteiger partial charge in [-0.05, 0) is 95.3 Å². The number of allylic oxidation sites excluding steroid dienone is 4. The molecule has 1 N–H and O–H groups in total. The highest BCUT2D eigenvalue weighted by molar-refractivity contribution is 5.69. The van der Waals surface area contributed by atoms with E-state index in [2.05, 4.69) is 58.9 Å². The highest BCUT2D eigenvalue weighted by Gasteiger charge is 2.28. The molecule has 0 saturated carbocycles. The molecule has 0 fully saturated rings. The molecule has 0 aromatic heterocycles. The summed E-state index contributed by atoms with van der Waals surface area (Å²) in [5.41, 5.74) is 0.590. The number of rotatable bonds is 73. The van der Waals surface area contributed by atoms with Crippen molar-refractivity contribution in [3.8, 4) is 0 Å². The Morgan fingerprint density at radius 1 is 0.256 bits per heavy atom. The Balaban J connectivity index is 0. The molecule has 0 unspecified atom stereocenters. The van der Waals surface area contributed by atoms with Gasteiger partial charge < -0.3 is 9.84 Å². The minimum atomic E-state index is -0.651. The second-order valence-corrected chi connectivity index (χ2v) is 27.8. The molecule has 0 rings (SSSR count). The number of carboxylic acids is 1. The number of hydrogen-bond acceptors (Lipinski definition) is 3. The summed E-state index contributed by atoms with van der Waals surface area (Å²) in [5.74, 6) is -0.636. The summed E-state index contributed by atoms with van der Waals surface area (Å²) >= 11 is 0. The zero-order chi connectivity index (χ0) is 62.7. The normalized spacial score (nSPS) is 11.8. The average Bonchev–Trinajstić information content (AvgIpc) is 3.70. The number of carbonyl (C=O) groups excluding carboxylic acids is 1. The fraction of sp³-hybridized carbons (Fsp3) is 0.927. The lowest BCUT2D eigenvalue weighted by Crippen LogP contribution is -2.21. The molecule has 0 aliphatic heterocycles. The molecule has 86 heavy (non-hydrogen) atoms. The number of hydrogen-bond donors (Lipinski definition) is 1. The van der Waals surface area contributed by atoms with Crippen molar-refractivity contribution >= 4 is 11.9 Å². The van der Waals surface area contributed by atoms with Gasteiger partial charge in [-0.25, -0.2) is 0 Å². The fourth-order valence-corrected chi connectivity index (χ4v) is 13.1. The first kappa shape index (κ1) is 86.5. The molecule has 0 bridgehead atoms. The van der Waals surface area contributed by atoms with Gasteiger partial charge in [-0.2, -0.15) is 0 Å². The largest absolute Gasteiger partial charge is 0.481 e. The topological polar surface area (TPSA) is 63.6 Å². The van der Waals surface area contributed by atoms with Gasteiger partial charge in [0.1, 0.15) is 0 Å². The quantitative estimate of drug-likeness (QED) is 0.0374. The standard InChI is InChI=1S/C47H92O2.C35H68O2/c1-4-7-10-13-16-22-27-32-37-42-47(43-38-33-28-23-17-14-11-8-5-2,44-39-34-29-24-18-15-12-9-6-3)45-40-35-30-25-20-19-21-26-31-36-41-46(48)49;1-3-5-7-9-11-13-15-16-17-18-19-20-21-22-24-26-28-30-32-34-37-35(36)33-31-29-27-25-23-14-12-10-8-6-4-2/h25,30H,4-24,26-29,31-45H2,1-3H3,(H,48,49);10,12H,3-9,11,13-34H2,1-2H3/b30-25-;12-10-. The van der Waals surface area contributed by atoms with E-state index in [0.717, 1.165) is 32.1 Å². The van der Waals surface area contributed by atoms with Crippen LogP contribution in [0, 0.1) is 5.41 Å². The first-order valence-electron chi connectivity index (χ1n) is 40.1. The molecule has 0 amide bonds. The van der Waals surface area contributed by atoms with Gasteiger partial charge in [0, 0.05) is 12.8 Å². The SMILES string of the molecule is CCCC/C=C\CCCCCCCC(=O)OCCCCCCCCCCCCCCCCCCCCC.CCCCCCCCCCCC(CCC/C=C\CCCCCCCC(=O)O)(CCCCCCCCCCC)CCCCCCCCCCC. The summed E-state index contributed by atoms with van der Waals surface area (Å²) < 4.78 is 5.42. The van der Waals surface area contributed by atoms with Crippen LogP contribution >= 0.6 is 0 Å². The van der Waals surface area contributed by atoms with Crippen molar-refractivity contribution < 1.29 is 19.4 Å². The molecule has 0 aliphatic rings. The Hall–Kier alpha value is -1.58. The third-order valence-electron chi connectivity index (χ3n) is 19.1. The van der Waals surface area contributed by atoms with Crippen LogP contribution in [0.5, 0.6) is 0 Å². The summed E-state index contributed by atoms with van der Waals surface area (Å²) in [4.78, 5) is 22.6. The van der Waals surface area contributed by atoms with Gasteiger partial charge in [0.25, 0.3) is 0 Å². The van der Waals surface area contributed by atoms with Crippen LogP contribution in [0.2, 0.25) is 0 Å². The van der Waals surface area contributed by atoms with E-state index in [0.29, 0.717) is 24.9 Å². The molecule has 0 atom stereocenters. The molecule has 0 aromatic rings. The summed E-state index contributed by atoms with van der Waals surface area (Å²) in [6.45, 7) is 12.1. The number of aliphatic carboxylic acids is 1. The van der Waals surface area contributed by atoms with E-state index in [1.54, 1.807) is 0 Å². The monoisotopic (exact) mass is 1210 g/mol. The van der Waals surface area contributed by atoms with Gasteiger partial charge in [0.2, 0.25) is 0 Å². The van der Waals surface area contributed by atoms with Crippen LogP contribution in [0.4, 0.5) is 0 Å². The summed E-state index contributed by atoms with van der Waals surface area (Å²) in [6.07, 6.45) is 102. The Labute approximate surface area is 542 Å². The van der Waals surface area contributed by atoms with Crippen molar-refractivity contribution in [3.63, 3.8) is 0 Å². The van der Waals surface area contributed by atoms with Crippen LogP contribution in [-0.2, 0) is 14.3 Å². The van der Waals surface area contributed by atoms with E-state index in [1.165, 1.54) is 398 Å². The molecule has 512 valence electrons. The predicted octanol–water partition coefficient (Wildman–Crippen LogP) is 29.7. The van der Waals surface area contributed by atoms with Crippen molar-refractivity contribution in [1.82, 2.24) is 0 Å². The van der Waals surface area contributed by atoms with Crippen LogP contribution < -0.4 is 0 Å². The van der Waals surface area contributed by atoms with Gasteiger partial charge in [0.15, 0.2) is 0 Å². The number of unbranched alkanes of at least 4 members (excludes halogenated alkanes) is 55. The lowest BCUT2D eigenvalue weighted by molar-refractivity contribution is -0.144. The van der Waals surface area contributed by atoms with Gasteiger partial charge in [-0.15, -0.1) is 0 Å². The molecule has 0 aliphatic carbocycles. The van der Waals surface area contributed by atoms with E-state index >= 15 is 0 Å². The van der Waals surface area contributed by atoms with Crippen molar-refractivity contribution in [1.29, 1.82) is 0 Å². The second kappa shape index (κ2) is 77.7. The van der Waals surface area contributed by atoms with Gasteiger partial charge in [-0.3, -0.25) is 9.59 Å². The molecule has 0 saturated heterocycles. The number of carboxylic acid groups (broad SMARTS) is 1. The van der Waals surface area contributed by atoms with Crippen LogP contribution in [0.25, 0.3) is 0 Å². The number of carbonyl (C=O) groups is 2. The van der Waals surface area contributed by atoms with Gasteiger partial charge in [-0.1, -0.05) is 399 Å². The van der Waals surface area contributed by atoms with Crippen LogP contribution in [0.3, 0.4) is 0 Å². The highest BCUT2D eigenvalue weighted by atomic mass is 16.5. The summed E-state index contributed by atoms with van der Waals surface area (Å²) in [5, 5.41) is 8.81. The smallest absolute Gasteiger partial charge is 0.305 e. The summed E-state index contributed by atoms with van der Waals surface area (Å²) in [6, 6.07) is 0. The third-order valence-corrected chi connectivity index (χ3v) is 19.1. The molecular formula is C82H160O4. The predicted molar refractivity (Wildman–Crippen MR) is 386 cm³/mol. The lowest BCUT2D eigenvalue weighted by Gasteiger charge is -2.35. The van der Waals surface area contributed by atoms with E-state index < -0.39 is 5.97 Å².